The average Bonchev–Trinajstić information content (AvgIpc) is 3.50. The van der Waals surface area contributed by atoms with Gasteiger partial charge in [0, 0.05) is 16.7 Å². The van der Waals surface area contributed by atoms with Gasteiger partial charge < -0.3 is 10.1 Å². The van der Waals surface area contributed by atoms with Crippen molar-refractivity contribution in [3.05, 3.63) is 70.5 Å². The lowest BCUT2D eigenvalue weighted by Gasteiger charge is -2.12. The molecular formula is C19H15N9O2. The first kappa shape index (κ1) is 17.6. The van der Waals surface area contributed by atoms with E-state index in [0.29, 0.717) is 22.9 Å². The van der Waals surface area contributed by atoms with Crippen LogP contribution >= 0.6 is 0 Å². The number of aromatic nitrogens is 5. The van der Waals surface area contributed by atoms with Gasteiger partial charge in [0.15, 0.2) is 17.4 Å². The van der Waals surface area contributed by atoms with Crippen LogP contribution in [0.3, 0.4) is 0 Å². The summed E-state index contributed by atoms with van der Waals surface area (Å²) in [5.41, 5.74) is 12.2. The fourth-order valence-corrected chi connectivity index (χ4v) is 3.19. The second-order valence-corrected chi connectivity index (χ2v) is 6.50. The maximum absolute atomic E-state index is 12.1. The first-order valence-corrected chi connectivity index (χ1v) is 8.94. The maximum Gasteiger partial charge on any atom is 0.290 e. The molecule has 0 radical (unpaired) electrons. The number of nitrogens with one attached hydrogen (secondary N) is 5. The molecule has 6 N–H and O–H groups in total. The van der Waals surface area contributed by atoms with E-state index in [1.165, 1.54) is 6.07 Å². The number of amidine groups is 1. The van der Waals surface area contributed by atoms with Crippen LogP contribution in [0, 0.1) is 0 Å². The van der Waals surface area contributed by atoms with Gasteiger partial charge in [0.2, 0.25) is 0 Å². The van der Waals surface area contributed by atoms with Crippen LogP contribution in [-0.4, -0.2) is 36.6 Å². The summed E-state index contributed by atoms with van der Waals surface area (Å²) in [5.74, 6) is 0.850. The highest BCUT2D eigenvalue weighted by molar-refractivity contribution is 5.99. The molecular weight excluding hydrogens is 386 g/mol. The average molecular weight is 401 g/mol. The van der Waals surface area contributed by atoms with Crippen LogP contribution in [0.1, 0.15) is 5.56 Å². The second kappa shape index (κ2) is 7.14. The highest BCUT2D eigenvalue weighted by Gasteiger charge is 2.14. The fraction of sp³-hybridized carbons (Fsp3) is 0. The summed E-state index contributed by atoms with van der Waals surface area (Å²) in [5, 5.41) is 27.8. The molecule has 0 aliphatic carbocycles. The van der Waals surface area contributed by atoms with E-state index in [0.717, 1.165) is 22.3 Å². The molecule has 0 spiro atoms. The summed E-state index contributed by atoms with van der Waals surface area (Å²) in [6, 6.07) is 16.4. The van der Waals surface area contributed by atoms with Crippen LogP contribution in [0.2, 0.25) is 0 Å². The molecule has 11 nitrogen and oxygen atoms in total. The van der Waals surface area contributed by atoms with Crippen molar-refractivity contribution >= 4 is 5.84 Å². The summed E-state index contributed by atoms with van der Waals surface area (Å²) >= 11 is 0. The van der Waals surface area contributed by atoms with Crippen molar-refractivity contribution in [1.29, 1.82) is 0 Å². The number of aromatic hydroxyl groups is 1. The molecule has 5 rings (SSSR count). The minimum absolute atomic E-state index is 0.351. The number of rotatable bonds is 4. The van der Waals surface area contributed by atoms with E-state index >= 15 is 0 Å². The number of H-pyrrole nitrogens is 2. The fourth-order valence-electron chi connectivity index (χ4n) is 3.19. The zero-order valence-corrected chi connectivity index (χ0v) is 15.3. The van der Waals surface area contributed by atoms with Gasteiger partial charge in [-0.25, -0.2) is 10.6 Å². The first-order chi connectivity index (χ1) is 14.7. The van der Waals surface area contributed by atoms with Gasteiger partial charge in [-0.15, -0.1) is 15.7 Å². The Hall–Kier alpha value is -4.51. The summed E-state index contributed by atoms with van der Waals surface area (Å²) in [4.78, 5) is 14.9. The summed E-state index contributed by atoms with van der Waals surface area (Å²) in [6.45, 7) is 0. The number of benzene rings is 2. The molecule has 1 aliphatic rings. The third-order valence-corrected chi connectivity index (χ3v) is 4.69. The van der Waals surface area contributed by atoms with Crippen LogP contribution < -0.4 is 22.1 Å². The number of aromatic amines is 2. The molecule has 2 aromatic carbocycles. The van der Waals surface area contributed by atoms with E-state index in [2.05, 4.69) is 47.2 Å². The molecule has 3 heterocycles. The smallest absolute Gasteiger partial charge is 0.290 e. The van der Waals surface area contributed by atoms with E-state index < -0.39 is 5.56 Å². The van der Waals surface area contributed by atoms with Crippen LogP contribution in [0.25, 0.3) is 33.8 Å². The minimum Gasteiger partial charge on any atom is -0.503 e. The van der Waals surface area contributed by atoms with Gasteiger partial charge in [0.25, 0.3) is 5.56 Å². The molecule has 0 fully saturated rings. The Kier molecular flexibility index (Phi) is 4.19. The molecule has 0 bridgehead atoms. The Morgan fingerprint density at radius 3 is 2.23 bits per heavy atom. The third-order valence-electron chi connectivity index (χ3n) is 4.69. The number of hydrogen-bond donors (Lipinski definition) is 6. The number of hydrogen-bond acceptors (Lipinski definition) is 9. The van der Waals surface area contributed by atoms with Crippen molar-refractivity contribution in [3.63, 3.8) is 0 Å². The van der Waals surface area contributed by atoms with Gasteiger partial charge in [0.05, 0.1) is 5.69 Å². The van der Waals surface area contributed by atoms with Gasteiger partial charge >= 0.3 is 0 Å². The molecule has 2 aromatic heterocycles. The van der Waals surface area contributed by atoms with Crippen molar-refractivity contribution in [2.45, 2.75) is 0 Å². The van der Waals surface area contributed by atoms with Gasteiger partial charge in [-0.3, -0.25) is 10.2 Å². The highest BCUT2D eigenvalue weighted by Crippen LogP contribution is 2.32. The molecule has 0 amide bonds. The molecule has 30 heavy (non-hydrogen) atoms. The van der Waals surface area contributed by atoms with Crippen molar-refractivity contribution < 1.29 is 5.11 Å². The first-order valence-electron chi connectivity index (χ1n) is 8.94. The van der Waals surface area contributed by atoms with Gasteiger partial charge in [-0.05, 0) is 27.6 Å². The Bertz CT molecular complexity index is 1280. The largest absolute Gasteiger partial charge is 0.503 e. The zero-order valence-electron chi connectivity index (χ0n) is 15.3. The molecule has 1 aliphatic heterocycles. The molecule has 0 saturated heterocycles. The van der Waals surface area contributed by atoms with Crippen LogP contribution in [-0.2, 0) is 0 Å². The molecule has 0 unspecified atom stereocenters. The zero-order chi connectivity index (χ0) is 20.5. The number of hydrazine groups is 2. The van der Waals surface area contributed by atoms with Crippen molar-refractivity contribution in [2.75, 3.05) is 0 Å². The molecule has 0 saturated carbocycles. The van der Waals surface area contributed by atoms with Crippen molar-refractivity contribution in [1.82, 2.24) is 42.1 Å². The normalized spacial score (nSPS) is 12.9. The Morgan fingerprint density at radius 1 is 0.867 bits per heavy atom. The Labute approximate surface area is 168 Å². The SMILES string of the molecule is O=c1[nH]c(-c2ccc(C3=NNNN3)cc2)c(-c2ccc(-c3nnn[nH]3)cc2)cc1O. The monoisotopic (exact) mass is 401 g/mol. The third kappa shape index (κ3) is 3.14. The van der Waals surface area contributed by atoms with Gasteiger partial charge in [-0.1, -0.05) is 48.5 Å². The number of hydrazone groups is 1. The molecule has 148 valence electrons. The van der Waals surface area contributed by atoms with Crippen molar-refractivity contribution in [2.24, 2.45) is 5.10 Å². The van der Waals surface area contributed by atoms with E-state index in [1.807, 2.05) is 48.5 Å². The van der Waals surface area contributed by atoms with E-state index in [-0.39, 0.29) is 5.75 Å². The lowest BCUT2D eigenvalue weighted by molar-refractivity contribution is 0.467. The Morgan fingerprint density at radius 2 is 1.57 bits per heavy atom. The van der Waals surface area contributed by atoms with Crippen LogP contribution in [0.5, 0.6) is 5.75 Å². The minimum atomic E-state index is -0.558. The van der Waals surface area contributed by atoms with Crippen LogP contribution in [0.4, 0.5) is 0 Å². The maximum atomic E-state index is 12.1. The Balaban J connectivity index is 1.56. The molecule has 0 atom stereocenters. The predicted octanol–water partition coefficient (Wildman–Crippen LogP) is 0.869. The predicted molar refractivity (Wildman–Crippen MR) is 109 cm³/mol. The molecule has 11 heteroatoms. The number of tetrazole rings is 1. The van der Waals surface area contributed by atoms with E-state index in [1.54, 1.807) is 0 Å². The second-order valence-electron chi connectivity index (χ2n) is 6.50. The van der Waals surface area contributed by atoms with E-state index in [4.69, 9.17) is 0 Å². The highest BCUT2D eigenvalue weighted by atomic mass is 16.3. The van der Waals surface area contributed by atoms with Gasteiger partial charge in [0.1, 0.15) is 0 Å². The lowest BCUT2D eigenvalue weighted by Crippen LogP contribution is -2.35. The standard InChI is InChI=1S/C19H15N9O2/c29-15-9-14(10-1-5-12(6-2-10)17-21-25-26-22-17)16(20-19(15)30)11-3-7-13(8-4-11)18-23-27-28-24-18/h1-9,27-29H,(H,20,30)(H,23,24)(H,21,22,25,26). The van der Waals surface area contributed by atoms with Gasteiger partial charge in [-0.2, -0.15) is 0 Å². The van der Waals surface area contributed by atoms with Crippen molar-refractivity contribution in [3.8, 4) is 39.5 Å². The number of nitrogens with zero attached hydrogens (tertiary/aromatic N) is 4. The van der Waals surface area contributed by atoms with Crippen LogP contribution in [0.15, 0.2) is 64.5 Å². The topological polar surface area (TPSA) is 156 Å². The lowest BCUT2D eigenvalue weighted by atomic mass is 9.97. The van der Waals surface area contributed by atoms with E-state index in [9.17, 15) is 9.90 Å². The summed E-state index contributed by atoms with van der Waals surface area (Å²) in [7, 11) is 0. The summed E-state index contributed by atoms with van der Waals surface area (Å²) < 4.78 is 0. The quantitative estimate of drug-likeness (QED) is 0.294. The summed E-state index contributed by atoms with van der Waals surface area (Å²) in [6.07, 6.45) is 0. The molecule has 4 aromatic rings. The number of pyridine rings is 1.